The summed E-state index contributed by atoms with van der Waals surface area (Å²) in [5.41, 5.74) is 1.82. The van der Waals surface area contributed by atoms with E-state index in [0.29, 0.717) is 0 Å². The van der Waals surface area contributed by atoms with Gasteiger partial charge in [0.15, 0.2) is 0 Å². The topological polar surface area (TPSA) is 119 Å². The van der Waals surface area contributed by atoms with Gasteiger partial charge in [0.1, 0.15) is 5.82 Å². The second kappa shape index (κ2) is 9.17. The second-order valence-corrected chi connectivity index (χ2v) is 9.93. The quantitative estimate of drug-likeness (QED) is 0.385. The molecule has 0 aliphatic heterocycles. The van der Waals surface area contributed by atoms with Gasteiger partial charge >= 0.3 is 0 Å². The zero-order valence-corrected chi connectivity index (χ0v) is 19.1. The maximum Gasteiger partial charge on any atom is 0.270 e. The third-order valence-electron chi connectivity index (χ3n) is 4.50. The average molecular weight is 489 g/mol. The smallest absolute Gasteiger partial charge is 0.270 e. The molecule has 9 nitrogen and oxygen atoms in total. The van der Waals surface area contributed by atoms with Crippen LogP contribution in [0.1, 0.15) is 21.7 Å². The highest BCUT2D eigenvalue weighted by Gasteiger charge is 2.22. The van der Waals surface area contributed by atoms with Crippen LogP contribution < -0.4 is 10.0 Å². The molecule has 4 aromatic rings. The fraction of sp³-hybridized carbons (Fsp3) is 0.100. The van der Waals surface area contributed by atoms with Gasteiger partial charge in [0.25, 0.3) is 15.9 Å². The number of carbonyl (C=O) groups is 1. The fourth-order valence-electron chi connectivity index (χ4n) is 2.94. The van der Waals surface area contributed by atoms with E-state index in [1.54, 1.807) is 36.7 Å². The second-order valence-electron chi connectivity index (χ2n) is 6.60. The molecule has 2 aromatic heterocycles. The summed E-state index contributed by atoms with van der Waals surface area (Å²) in [5.74, 6) is 0.275. The number of carbonyl (C=O) groups excluding carboxylic acids is 1. The first kappa shape index (κ1) is 22.1. The van der Waals surface area contributed by atoms with Crippen molar-refractivity contribution in [2.75, 3.05) is 5.32 Å². The van der Waals surface area contributed by atoms with Crippen LogP contribution in [0, 0.1) is 6.92 Å². The molecule has 0 saturated carbocycles. The molecule has 2 aromatic carbocycles. The molecule has 164 valence electrons. The van der Waals surface area contributed by atoms with E-state index in [0.717, 1.165) is 28.4 Å². The Hall–Kier alpha value is -3.12. The third-order valence-corrected chi connectivity index (χ3v) is 7.44. The summed E-state index contributed by atoms with van der Waals surface area (Å²) in [4.78, 5) is 16.6. The normalized spacial score (nSPS) is 11.4. The maximum absolute atomic E-state index is 12.7. The van der Waals surface area contributed by atoms with Gasteiger partial charge in [-0.3, -0.25) is 10.1 Å². The van der Waals surface area contributed by atoms with Crippen LogP contribution in [0.15, 0.2) is 65.3 Å². The van der Waals surface area contributed by atoms with Crippen molar-refractivity contribution in [3.63, 3.8) is 0 Å². The summed E-state index contributed by atoms with van der Waals surface area (Å²) < 4.78 is 29.6. The molecule has 12 heteroatoms. The predicted molar refractivity (Wildman–Crippen MR) is 122 cm³/mol. The Balaban J connectivity index is 1.48. The van der Waals surface area contributed by atoms with E-state index in [9.17, 15) is 13.2 Å². The van der Waals surface area contributed by atoms with Crippen LogP contribution in [0.25, 0.3) is 5.69 Å². The van der Waals surface area contributed by atoms with Crippen LogP contribution in [-0.4, -0.2) is 34.1 Å². The van der Waals surface area contributed by atoms with Gasteiger partial charge in [0.05, 0.1) is 16.3 Å². The minimum absolute atomic E-state index is 0.0387. The van der Waals surface area contributed by atoms with Crippen LogP contribution >= 0.6 is 22.9 Å². The van der Waals surface area contributed by atoms with E-state index in [2.05, 4.69) is 25.2 Å². The van der Waals surface area contributed by atoms with Crippen molar-refractivity contribution < 1.29 is 13.2 Å². The lowest BCUT2D eigenvalue weighted by molar-refractivity contribution is 0.102. The summed E-state index contributed by atoms with van der Waals surface area (Å²) >= 11 is 6.76. The molecule has 0 unspecified atom stereocenters. The van der Waals surface area contributed by atoms with E-state index in [1.807, 2.05) is 35.8 Å². The highest BCUT2D eigenvalue weighted by atomic mass is 35.5. The zero-order valence-electron chi connectivity index (χ0n) is 16.7. The van der Waals surface area contributed by atoms with E-state index < -0.39 is 15.9 Å². The first-order valence-electron chi connectivity index (χ1n) is 9.32. The Morgan fingerprint density at radius 1 is 1.12 bits per heavy atom. The van der Waals surface area contributed by atoms with Gasteiger partial charge in [-0.2, -0.15) is 0 Å². The summed E-state index contributed by atoms with van der Waals surface area (Å²) in [6.45, 7) is 1.90. The first-order valence-corrected chi connectivity index (χ1v) is 12.0. The summed E-state index contributed by atoms with van der Waals surface area (Å²) in [6.07, 6.45) is 3.48. The van der Waals surface area contributed by atoms with Crippen LogP contribution in [0.3, 0.4) is 0 Å². The van der Waals surface area contributed by atoms with Crippen molar-refractivity contribution in [2.45, 2.75) is 17.8 Å². The Kier molecular flexibility index (Phi) is 6.33. The van der Waals surface area contributed by atoms with Crippen molar-refractivity contribution in [3.8, 4) is 5.69 Å². The number of imidazole rings is 1. The number of hydrogen-bond acceptors (Lipinski definition) is 7. The standard InChI is InChI=1S/C20H17ClN6O3S2/c1-13-22-10-11-27(13)17-9-5-2-6-14(17)12-23-32(29,30)20-26-25-19(31-20)24-18(28)15-7-3-4-8-16(15)21/h2-11,23H,12H2,1H3,(H,24,25,28). The zero-order chi connectivity index (χ0) is 22.7. The highest BCUT2D eigenvalue weighted by Crippen LogP contribution is 2.23. The molecular weight excluding hydrogens is 472 g/mol. The molecule has 0 radical (unpaired) electrons. The lowest BCUT2D eigenvalue weighted by Crippen LogP contribution is -2.24. The number of benzene rings is 2. The fourth-order valence-corrected chi connectivity index (χ4v) is 5.10. The number of anilines is 1. The molecule has 0 saturated heterocycles. The first-order chi connectivity index (χ1) is 15.3. The van der Waals surface area contributed by atoms with Crippen molar-refractivity contribution in [2.24, 2.45) is 0 Å². The number of para-hydroxylation sites is 1. The number of aromatic nitrogens is 4. The molecule has 4 rings (SSSR count). The van der Waals surface area contributed by atoms with Crippen molar-refractivity contribution in [3.05, 3.63) is 82.9 Å². The van der Waals surface area contributed by atoms with Crippen LogP contribution in [0.2, 0.25) is 5.02 Å². The molecule has 32 heavy (non-hydrogen) atoms. The third kappa shape index (κ3) is 4.70. The van der Waals surface area contributed by atoms with E-state index in [4.69, 9.17) is 11.6 Å². The van der Waals surface area contributed by atoms with Crippen LogP contribution in [0.4, 0.5) is 5.13 Å². The number of amides is 1. The predicted octanol–water partition coefficient (Wildman–Crippen LogP) is 3.42. The molecule has 0 aliphatic rings. The molecule has 0 spiro atoms. The lowest BCUT2D eigenvalue weighted by Gasteiger charge is -2.12. The average Bonchev–Trinajstić information content (AvgIpc) is 3.42. The molecule has 0 fully saturated rings. The summed E-state index contributed by atoms with van der Waals surface area (Å²) in [6, 6.07) is 13.9. The van der Waals surface area contributed by atoms with Crippen molar-refractivity contribution in [1.82, 2.24) is 24.5 Å². The molecule has 2 N–H and O–H groups in total. The molecule has 0 atom stereocenters. The molecule has 2 heterocycles. The van der Waals surface area contributed by atoms with Crippen LogP contribution in [0.5, 0.6) is 0 Å². The number of hydrogen-bond donors (Lipinski definition) is 2. The number of sulfonamides is 1. The summed E-state index contributed by atoms with van der Waals surface area (Å²) in [5, 5.41) is 10.3. The minimum atomic E-state index is -3.95. The van der Waals surface area contributed by atoms with Gasteiger partial charge < -0.3 is 4.57 Å². The minimum Gasteiger partial charge on any atom is -0.304 e. The largest absolute Gasteiger partial charge is 0.304 e. The monoisotopic (exact) mass is 488 g/mol. The number of nitrogens with one attached hydrogen (secondary N) is 2. The molecule has 1 amide bonds. The highest BCUT2D eigenvalue weighted by molar-refractivity contribution is 7.91. The van der Waals surface area contributed by atoms with E-state index in [-0.39, 0.29) is 26.6 Å². The van der Waals surface area contributed by atoms with Gasteiger partial charge in [0.2, 0.25) is 9.47 Å². The SMILES string of the molecule is Cc1nccn1-c1ccccc1CNS(=O)(=O)c1nnc(NC(=O)c2ccccc2Cl)s1. The Bertz CT molecular complexity index is 1380. The molecular formula is C20H17ClN6O3S2. The number of halogens is 1. The van der Waals surface area contributed by atoms with Gasteiger partial charge in [-0.05, 0) is 30.7 Å². The Labute approximate surface area is 193 Å². The number of aryl methyl sites for hydroxylation is 1. The van der Waals surface area contributed by atoms with Crippen molar-refractivity contribution >= 4 is 44.0 Å². The van der Waals surface area contributed by atoms with Gasteiger partial charge in [-0.15, -0.1) is 10.2 Å². The maximum atomic E-state index is 12.7. The molecule has 0 aliphatic carbocycles. The Morgan fingerprint density at radius 3 is 2.62 bits per heavy atom. The van der Waals surface area contributed by atoms with Crippen LogP contribution in [-0.2, 0) is 16.6 Å². The Morgan fingerprint density at radius 2 is 1.88 bits per heavy atom. The number of nitrogens with zero attached hydrogens (tertiary/aromatic N) is 4. The van der Waals surface area contributed by atoms with Gasteiger partial charge in [0, 0.05) is 18.9 Å². The van der Waals surface area contributed by atoms with E-state index >= 15 is 0 Å². The molecule has 0 bridgehead atoms. The lowest BCUT2D eigenvalue weighted by atomic mass is 10.2. The summed E-state index contributed by atoms with van der Waals surface area (Å²) in [7, 11) is -3.95. The van der Waals surface area contributed by atoms with Crippen molar-refractivity contribution in [1.29, 1.82) is 0 Å². The van der Waals surface area contributed by atoms with Gasteiger partial charge in [-0.1, -0.05) is 53.3 Å². The van der Waals surface area contributed by atoms with Gasteiger partial charge in [-0.25, -0.2) is 18.1 Å². The number of rotatable bonds is 7. The van der Waals surface area contributed by atoms with E-state index in [1.165, 1.54) is 0 Å².